The number of carbonyl (C=O) groups excluding carboxylic acids is 2. The zero-order chi connectivity index (χ0) is 18.9. The Hall–Kier alpha value is -3.02. The lowest BCUT2D eigenvalue weighted by Crippen LogP contribution is -2.31. The van der Waals surface area contributed by atoms with Crippen molar-refractivity contribution in [1.82, 2.24) is 5.32 Å². The summed E-state index contributed by atoms with van der Waals surface area (Å²) in [5.41, 5.74) is 1.95. The molecule has 6 heteroatoms. The molecule has 0 aliphatic rings. The van der Waals surface area contributed by atoms with Crippen LogP contribution in [0.5, 0.6) is 5.75 Å². The van der Waals surface area contributed by atoms with Gasteiger partial charge >= 0.3 is 0 Å². The average Bonchev–Trinajstić information content (AvgIpc) is 2.66. The minimum absolute atomic E-state index is 0.108. The molecule has 3 N–H and O–H groups in total. The van der Waals surface area contributed by atoms with Crippen molar-refractivity contribution in [2.24, 2.45) is 0 Å². The van der Waals surface area contributed by atoms with Crippen LogP contribution in [-0.2, 0) is 4.79 Å². The van der Waals surface area contributed by atoms with Gasteiger partial charge in [0.05, 0.1) is 19.3 Å². The van der Waals surface area contributed by atoms with Crippen LogP contribution in [0.3, 0.4) is 0 Å². The van der Waals surface area contributed by atoms with Crippen LogP contribution in [0.25, 0.3) is 0 Å². The Morgan fingerprint density at radius 1 is 1.08 bits per heavy atom. The van der Waals surface area contributed by atoms with Gasteiger partial charge in [-0.2, -0.15) is 0 Å². The van der Waals surface area contributed by atoms with Gasteiger partial charge in [0.15, 0.2) is 0 Å². The van der Waals surface area contributed by atoms with E-state index < -0.39 is 0 Å². The van der Waals surface area contributed by atoms with Crippen LogP contribution in [0, 0.1) is 0 Å². The molecule has 0 heterocycles. The minimum atomic E-state index is -0.187. The average molecular weight is 355 g/mol. The molecule has 6 nitrogen and oxygen atoms in total. The smallest absolute Gasteiger partial charge is 0.251 e. The minimum Gasteiger partial charge on any atom is -0.495 e. The summed E-state index contributed by atoms with van der Waals surface area (Å²) in [7, 11) is 1.58. The van der Waals surface area contributed by atoms with E-state index in [0.29, 0.717) is 17.0 Å². The molecule has 1 atom stereocenters. The lowest BCUT2D eigenvalue weighted by Gasteiger charge is -2.12. The third-order valence-electron chi connectivity index (χ3n) is 3.97. The van der Waals surface area contributed by atoms with E-state index in [9.17, 15) is 9.59 Å². The highest BCUT2D eigenvalue weighted by atomic mass is 16.5. The Morgan fingerprint density at radius 2 is 1.77 bits per heavy atom. The lowest BCUT2D eigenvalue weighted by atomic mass is 10.1. The Kier molecular flexibility index (Phi) is 7.02. The summed E-state index contributed by atoms with van der Waals surface area (Å²) in [6, 6.07) is 14.3. The predicted octanol–water partition coefficient (Wildman–Crippen LogP) is 3.27. The number of amides is 2. The highest BCUT2D eigenvalue weighted by Gasteiger charge is 2.09. The highest BCUT2D eigenvalue weighted by molar-refractivity contribution is 5.96. The van der Waals surface area contributed by atoms with Gasteiger partial charge in [-0.15, -0.1) is 0 Å². The molecule has 0 aliphatic heterocycles. The Bertz CT molecular complexity index is 744. The van der Waals surface area contributed by atoms with Gasteiger partial charge in [0, 0.05) is 17.3 Å². The standard InChI is InChI=1S/C20H25N3O3/c1-4-14(2)22-20(25)15-9-11-16(12-10-15)23-19(24)13-21-17-7-5-6-8-18(17)26-3/h5-12,14,21H,4,13H2,1-3H3,(H,22,25)(H,23,24). The maximum absolute atomic E-state index is 12.1. The van der Waals surface area contributed by atoms with Crippen molar-refractivity contribution in [1.29, 1.82) is 0 Å². The molecular weight excluding hydrogens is 330 g/mol. The zero-order valence-electron chi connectivity index (χ0n) is 15.3. The normalized spacial score (nSPS) is 11.3. The molecule has 0 aromatic heterocycles. The van der Waals surface area contributed by atoms with Gasteiger partial charge < -0.3 is 20.7 Å². The van der Waals surface area contributed by atoms with E-state index >= 15 is 0 Å². The number of methoxy groups -OCH3 is 1. The Morgan fingerprint density at radius 3 is 2.42 bits per heavy atom. The van der Waals surface area contributed by atoms with E-state index in [4.69, 9.17) is 4.74 Å². The van der Waals surface area contributed by atoms with E-state index in [-0.39, 0.29) is 24.4 Å². The fraction of sp³-hybridized carbons (Fsp3) is 0.300. The first-order chi connectivity index (χ1) is 12.5. The third kappa shape index (κ3) is 5.51. The monoisotopic (exact) mass is 355 g/mol. The van der Waals surface area contributed by atoms with Gasteiger partial charge in [0.1, 0.15) is 5.75 Å². The summed E-state index contributed by atoms with van der Waals surface area (Å²) < 4.78 is 5.23. The fourth-order valence-corrected chi connectivity index (χ4v) is 2.29. The van der Waals surface area contributed by atoms with Crippen molar-refractivity contribution in [2.75, 3.05) is 24.3 Å². The van der Waals surface area contributed by atoms with Crippen LogP contribution >= 0.6 is 0 Å². The Balaban J connectivity index is 1.88. The number of carbonyl (C=O) groups is 2. The summed E-state index contributed by atoms with van der Waals surface area (Å²) in [4.78, 5) is 24.1. The summed E-state index contributed by atoms with van der Waals surface area (Å²) in [5.74, 6) is 0.375. The fourth-order valence-electron chi connectivity index (χ4n) is 2.29. The number of hydrogen-bond donors (Lipinski definition) is 3. The molecule has 0 saturated heterocycles. The molecule has 0 fully saturated rings. The maximum atomic E-state index is 12.1. The lowest BCUT2D eigenvalue weighted by molar-refractivity contribution is -0.114. The molecule has 2 aromatic rings. The second kappa shape index (κ2) is 9.46. The number of nitrogens with one attached hydrogen (secondary N) is 3. The quantitative estimate of drug-likeness (QED) is 0.679. The molecular formula is C20H25N3O3. The molecule has 138 valence electrons. The van der Waals surface area contributed by atoms with Crippen molar-refractivity contribution < 1.29 is 14.3 Å². The van der Waals surface area contributed by atoms with Crippen LogP contribution < -0.4 is 20.7 Å². The van der Waals surface area contributed by atoms with Crippen LogP contribution in [0.1, 0.15) is 30.6 Å². The molecule has 26 heavy (non-hydrogen) atoms. The molecule has 0 spiro atoms. The van der Waals surface area contributed by atoms with E-state index in [1.54, 1.807) is 31.4 Å². The van der Waals surface area contributed by atoms with E-state index in [2.05, 4.69) is 16.0 Å². The van der Waals surface area contributed by atoms with Crippen LogP contribution in [0.4, 0.5) is 11.4 Å². The van der Waals surface area contributed by atoms with Crippen molar-refractivity contribution >= 4 is 23.2 Å². The third-order valence-corrected chi connectivity index (χ3v) is 3.97. The van der Waals surface area contributed by atoms with Gasteiger partial charge in [-0.05, 0) is 49.7 Å². The highest BCUT2D eigenvalue weighted by Crippen LogP contribution is 2.22. The number of hydrogen-bond acceptors (Lipinski definition) is 4. The summed E-state index contributed by atoms with van der Waals surface area (Å²) in [5, 5.41) is 8.74. The first kappa shape index (κ1) is 19.3. The first-order valence-corrected chi connectivity index (χ1v) is 8.61. The second-order valence-electron chi connectivity index (χ2n) is 5.96. The van der Waals surface area contributed by atoms with Gasteiger partial charge in [-0.1, -0.05) is 19.1 Å². The molecule has 0 bridgehead atoms. The van der Waals surface area contributed by atoms with Crippen molar-refractivity contribution in [3.8, 4) is 5.75 Å². The second-order valence-corrected chi connectivity index (χ2v) is 5.96. The predicted molar refractivity (Wildman–Crippen MR) is 104 cm³/mol. The Labute approximate surface area is 153 Å². The van der Waals surface area contributed by atoms with Gasteiger partial charge in [0.2, 0.25) is 5.91 Å². The van der Waals surface area contributed by atoms with Gasteiger partial charge in [-0.25, -0.2) is 0 Å². The summed E-state index contributed by atoms with van der Waals surface area (Å²) >= 11 is 0. The number of para-hydroxylation sites is 2. The first-order valence-electron chi connectivity index (χ1n) is 8.61. The van der Waals surface area contributed by atoms with Crippen LogP contribution in [0.2, 0.25) is 0 Å². The topological polar surface area (TPSA) is 79.5 Å². The number of rotatable bonds is 8. The SMILES string of the molecule is CCC(C)NC(=O)c1ccc(NC(=O)CNc2ccccc2OC)cc1. The maximum Gasteiger partial charge on any atom is 0.251 e. The van der Waals surface area contributed by atoms with Crippen molar-refractivity contribution in [3.05, 3.63) is 54.1 Å². The zero-order valence-corrected chi connectivity index (χ0v) is 15.3. The number of ether oxygens (including phenoxy) is 1. The molecule has 2 amide bonds. The van der Waals surface area contributed by atoms with Gasteiger partial charge in [-0.3, -0.25) is 9.59 Å². The van der Waals surface area contributed by atoms with E-state index in [0.717, 1.165) is 12.1 Å². The molecule has 0 aliphatic carbocycles. The van der Waals surface area contributed by atoms with Crippen LogP contribution in [0.15, 0.2) is 48.5 Å². The van der Waals surface area contributed by atoms with Crippen LogP contribution in [-0.4, -0.2) is 31.5 Å². The van der Waals surface area contributed by atoms with E-state index in [1.807, 2.05) is 38.1 Å². The molecule has 0 radical (unpaired) electrons. The molecule has 2 aromatic carbocycles. The number of benzene rings is 2. The molecule has 0 saturated carbocycles. The van der Waals surface area contributed by atoms with Crippen molar-refractivity contribution in [2.45, 2.75) is 26.3 Å². The van der Waals surface area contributed by atoms with Gasteiger partial charge in [0.25, 0.3) is 5.91 Å². The van der Waals surface area contributed by atoms with E-state index in [1.165, 1.54) is 0 Å². The number of anilines is 2. The molecule has 2 rings (SSSR count). The summed E-state index contributed by atoms with van der Waals surface area (Å²) in [6.07, 6.45) is 0.874. The van der Waals surface area contributed by atoms with Crippen molar-refractivity contribution in [3.63, 3.8) is 0 Å². The largest absolute Gasteiger partial charge is 0.495 e. The molecule has 1 unspecified atom stereocenters. The summed E-state index contributed by atoms with van der Waals surface area (Å²) in [6.45, 7) is 4.08.